The molecule has 50 heavy (non-hydrogen) atoms. The molecule has 1 aromatic rings. The van der Waals surface area contributed by atoms with Crippen LogP contribution in [0.4, 0.5) is 9.18 Å². The van der Waals surface area contributed by atoms with Crippen LogP contribution in [0.3, 0.4) is 0 Å². The predicted molar refractivity (Wildman–Crippen MR) is 184 cm³/mol. The molecule has 1 heterocycles. The Morgan fingerprint density at radius 2 is 1.46 bits per heavy atom. The molecule has 12 nitrogen and oxygen atoms in total. The Kier molecular flexibility index (Phi) is 15.7. The number of esters is 2. The highest BCUT2D eigenvalue weighted by atomic mass is 19.1. The van der Waals surface area contributed by atoms with Crippen molar-refractivity contribution in [1.82, 2.24) is 9.80 Å². The predicted octanol–water partition coefficient (Wildman–Crippen LogP) is 5.69. The first-order valence-corrected chi connectivity index (χ1v) is 17.3. The number of aryl methyl sites for hydroxylation is 1. The molecule has 0 bridgehead atoms. The molecule has 1 aliphatic heterocycles. The lowest BCUT2D eigenvalue weighted by Gasteiger charge is -2.34. The van der Waals surface area contributed by atoms with Crippen LogP contribution in [-0.2, 0) is 44.5 Å². The topological polar surface area (TPSA) is 149 Å². The fraction of sp³-hybridized carbons (Fsp3) is 0.703. The molecule has 1 saturated heterocycles. The van der Waals surface area contributed by atoms with Crippen LogP contribution in [0.25, 0.3) is 0 Å². The summed E-state index contributed by atoms with van der Waals surface area (Å²) < 4.78 is 36.9. The normalized spacial score (nSPS) is 16.5. The summed E-state index contributed by atoms with van der Waals surface area (Å²) in [6.45, 7) is 13.8. The molecule has 4 atom stereocenters. The highest BCUT2D eigenvalue weighted by molar-refractivity contribution is 5.90. The molecule has 0 radical (unpaired) electrons. The van der Waals surface area contributed by atoms with Crippen molar-refractivity contribution in [1.29, 1.82) is 0 Å². The van der Waals surface area contributed by atoms with Crippen LogP contribution < -0.4 is 0 Å². The first kappa shape index (κ1) is 42.4. The Balaban J connectivity index is 2.43. The molecule has 282 valence electrons. The third-order valence-corrected chi connectivity index (χ3v) is 8.42. The largest absolute Gasteiger partial charge is 0.479 e. The maximum atomic E-state index is 15.0. The van der Waals surface area contributed by atoms with Crippen LogP contribution in [0.2, 0.25) is 0 Å². The van der Waals surface area contributed by atoms with Gasteiger partial charge >= 0.3 is 24.0 Å². The second kappa shape index (κ2) is 18.5. The second-order valence-corrected chi connectivity index (χ2v) is 15.1. The van der Waals surface area contributed by atoms with Crippen molar-refractivity contribution in [3.05, 3.63) is 35.4 Å². The number of carbonyl (C=O) groups is 5. The average molecular weight is 709 g/mol. The molecule has 0 unspecified atom stereocenters. The number of carbonyl (C=O) groups excluding carboxylic acids is 4. The van der Waals surface area contributed by atoms with Gasteiger partial charge in [-0.25, -0.2) is 23.6 Å². The summed E-state index contributed by atoms with van der Waals surface area (Å²) in [7, 11) is 2.66. The Morgan fingerprint density at radius 1 is 0.900 bits per heavy atom. The lowest BCUT2D eigenvalue weighted by molar-refractivity contribution is -0.172. The fourth-order valence-corrected chi connectivity index (χ4v) is 5.58. The van der Waals surface area contributed by atoms with E-state index in [9.17, 15) is 29.1 Å². The minimum absolute atomic E-state index is 0.00237. The summed E-state index contributed by atoms with van der Waals surface area (Å²) in [6, 6.07) is 5.34. The highest BCUT2D eigenvalue weighted by Crippen LogP contribution is 2.28. The lowest BCUT2D eigenvalue weighted by atomic mass is 9.90. The summed E-state index contributed by atoms with van der Waals surface area (Å²) in [5.74, 6) is -3.73. The van der Waals surface area contributed by atoms with Crippen LogP contribution in [0.5, 0.6) is 0 Å². The van der Waals surface area contributed by atoms with Crippen molar-refractivity contribution < 1.29 is 52.4 Å². The van der Waals surface area contributed by atoms with E-state index < -0.39 is 71.9 Å². The van der Waals surface area contributed by atoms with Gasteiger partial charge in [-0.15, -0.1) is 0 Å². The molecule has 2 rings (SSSR count). The van der Waals surface area contributed by atoms with E-state index in [0.29, 0.717) is 25.6 Å². The van der Waals surface area contributed by atoms with E-state index in [4.69, 9.17) is 18.9 Å². The molecule has 0 saturated carbocycles. The lowest BCUT2D eigenvalue weighted by Crippen LogP contribution is -2.52. The molecular weight excluding hydrogens is 651 g/mol. The molecule has 1 aliphatic rings. The Hall–Kier alpha value is -3.74. The van der Waals surface area contributed by atoms with Gasteiger partial charge in [0.1, 0.15) is 23.4 Å². The molecule has 1 N–H and O–H groups in total. The van der Waals surface area contributed by atoms with Gasteiger partial charge in [0.15, 0.2) is 12.2 Å². The van der Waals surface area contributed by atoms with E-state index in [-0.39, 0.29) is 18.8 Å². The number of benzene rings is 1. The Morgan fingerprint density at radius 3 is 1.96 bits per heavy atom. The van der Waals surface area contributed by atoms with Crippen LogP contribution in [-0.4, -0.2) is 108 Å². The Bertz CT molecular complexity index is 1300. The number of likely N-dealkylation sites (N-methyl/N-ethyl adjacent to an activating group) is 2. The first-order chi connectivity index (χ1) is 23.1. The van der Waals surface area contributed by atoms with Crippen LogP contribution in [0.1, 0.15) is 105 Å². The van der Waals surface area contributed by atoms with E-state index in [1.807, 2.05) is 38.1 Å². The van der Waals surface area contributed by atoms with E-state index >= 15 is 4.39 Å². The SMILES string of the molecule is CC(C)C[C@@H](C(=O)O[C@H](C)C(=O)O)N(C)C(=O)[C@@H](CCc1ccc(C2CCOCC2)cc1)OC(=O)[C@H](CC(C)(C)F)N(C)C(=O)OC(C)(C)C. The zero-order valence-corrected chi connectivity index (χ0v) is 31.3. The van der Waals surface area contributed by atoms with Gasteiger partial charge in [0.25, 0.3) is 5.91 Å². The minimum Gasteiger partial charge on any atom is -0.479 e. The third-order valence-electron chi connectivity index (χ3n) is 8.42. The molecular formula is C37H57FN2O10. The number of ether oxygens (including phenoxy) is 4. The molecule has 0 spiro atoms. The number of carboxylic acids is 1. The zero-order valence-electron chi connectivity index (χ0n) is 31.3. The van der Waals surface area contributed by atoms with Crippen molar-refractivity contribution in [2.24, 2.45) is 5.92 Å². The van der Waals surface area contributed by atoms with Gasteiger partial charge in [-0.2, -0.15) is 0 Å². The third kappa shape index (κ3) is 13.9. The number of amides is 2. The van der Waals surface area contributed by atoms with Crippen molar-refractivity contribution in [2.45, 2.75) is 135 Å². The van der Waals surface area contributed by atoms with Gasteiger partial charge in [-0.1, -0.05) is 38.1 Å². The quantitative estimate of drug-likeness (QED) is 0.168. The van der Waals surface area contributed by atoms with Gasteiger partial charge < -0.3 is 29.0 Å². The molecule has 0 aromatic heterocycles. The van der Waals surface area contributed by atoms with Crippen molar-refractivity contribution in [3.8, 4) is 0 Å². The van der Waals surface area contributed by atoms with Gasteiger partial charge in [0.05, 0.1) is 0 Å². The summed E-state index contributed by atoms with van der Waals surface area (Å²) in [6.07, 6.45) is -1.91. The summed E-state index contributed by atoms with van der Waals surface area (Å²) >= 11 is 0. The summed E-state index contributed by atoms with van der Waals surface area (Å²) in [5.41, 5.74) is -0.749. The first-order valence-electron chi connectivity index (χ1n) is 17.3. The van der Waals surface area contributed by atoms with Crippen LogP contribution in [0.15, 0.2) is 24.3 Å². The molecule has 13 heteroatoms. The maximum absolute atomic E-state index is 15.0. The van der Waals surface area contributed by atoms with Gasteiger partial charge in [0.2, 0.25) is 0 Å². The smallest absolute Gasteiger partial charge is 0.410 e. The number of carboxylic acid groups (broad SMARTS) is 1. The second-order valence-electron chi connectivity index (χ2n) is 15.1. The van der Waals surface area contributed by atoms with Gasteiger partial charge in [-0.3, -0.25) is 9.69 Å². The summed E-state index contributed by atoms with van der Waals surface area (Å²) in [5, 5.41) is 9.29. The summed E-state index contributed by atoms with van der Waals surface area (Å²) in [4.78, 5) is 67.6. The molecule has 1 fully saturated rings. The van der Waals surface area contributed by atoms with E-state index in [2.05, 4.69) is 0 Å². The van der Waals surface area contributed by atoms with Crippen molar-refractivity contribution >= 4 is 29.9 Å². The van der Waals surface area contributed by atoms with E-state index in [1.165, 1.54) is 40.4 Å². The fourth-order valence-electron chi connectivity index (χ4n) is 5.58. The monoisotopic (exact) mass is 708 g/mol. The average Bonchev–Trinajstić information content (AvgIpc) is 3.02. The van der Waals surface area contributed by atoms with E-state index in [1.54, 1.807) is 20.8 Å². The van der Waals surface area contributed by atoms with E-state index in [0.717, 1.165) is 28.2 Å². The molecule has 1 aromatic carbocycles. The van der Waals surface area contributed by atoms with Crippen LogP contribution in [0, 0.1) is 5.92 Å². The van der Waals surface area contributed by atoms with Gasteiger partial charge in [0, 0.05) is 33.7 Å². The van der Waals surface area contributed by atoms with Gasteiger partial charge in [-0.05, 0) is 96.6 Å². The molecule has 2 amide bonds. The van der Waals surface area contributed by atoms with Crippen LogP contribution >= 0.6 is 0 Å². The zero-order chi connectivity index (χ0) is 38.0. The number of hydrogen-bond acceptors (Lipinski definition) is 9. The number of nitrogens with zero attached hydrogens (tertiary/aromatic N) is 2. The van der Waals surface area contributed by atoms with Crippen molar-refractivity contribution in [3.63, 3.8) is 0 Å². The van der Waals surface area contributed by atoms with Crippen molar-refractivity contribution in [2.75, 3.05) is 27.3 Å². The highest BCUT2D eigenvalue weighted by Gasteiger charge is 2.40. The number of halogens is 1. The Labute approximate surface area is 295 Å². The number of rotatable bonds is 16. The maximum Gasteiger partial charge on any atom is 0.410 e. The minimum atomic E-state index is -1.91. The molecule has 0 aliphatic carbocycles. The number of hydrogen-bond donors (Lipinski definition) is 1. The standard InChI is InChI=1S/C37H57FN2O10/c1-23(2)21-28(33(44)48-24(3)32(42)43)39(9)31(41)30(16-13-25-11-14-26(15-12-25)27-17-19-47-20-18-27)49-34(45)29(22-37(7,8)38)40(10)35(46)50-36(4,5)6/h11-12,14-15,23-24,27-30H,13,16-22H2,1-10H3,(H,42,43)/t24-,28+,29+,30-/m1/s1. The number of aliphatic carboxylic acids is 1. The number of alkyl halides is 1.